The van der Waals surface area contributed by atoms with Gasteiger partial charge in [-0.15, -0.1) is 11.3 Å². The second-order valence-electron chi connectivity index (χ2n) is 10.0. The monoisotopic (exact) mass is 608 g/mol. The molecule has 0 unspecified atom stereocenters. The van der Waals surface area contributed by atoms with Crippen LogP contribution in [0, 0.1) is 37.2 Å². The highest BCUT2D eigenvalue weighted by atomic mass is 32.2. The van der Waals surface area contributed by atoms with E-state index >= 15 is 4.39 Å². The molecule has 6 rings (SSSR count). The minimum absolute atomic E-state index is 0.0340. The third-order valence-corrected chi connectivity index (χ3v) is 9.30. The largest absolute Gasteiger partial charge is 0.276 e. The molecule has 1 aliphatic carbocycles. The Morgan fingerprint density at radius 1 is 0.952 bits per heavy atom. The predicted molar refractivity (Wildman–Crippen MR) is 153 cm³/mol. The van der Waals surface area contributed by atoms with Crippen molar-refractivity contribution >= 4 is 27.0 Å². The third kappa shape index (κ3) is 5.49. The summed E-state index contributed by atoms with van der Waals surface area (Å²) in [5.41, 5.74) is 0.738. The zero-order valence-electron chi connectivity index (χ0n) is 22.4. The van der Waals surface area contributed by atoms with Gasteiger partial charge in [-0.2, -0.15) is 0 Å². The Labute approximate surface area is 243 Å². The molecule has 3 aromatic heterocycles. The molecule has 0 aliphatic heterocycles. The highest BCUT2D eigenvalue weighted by Gasteiger charge is 2.28. The summed E-state index contributed by atoms with van der Waals surface area (Å²) in [6, 6.07) is 7.71. The molecular weight excluding hydrogens is 585 g/mol. The number of nitrogens with one attached hydrogen (secondary N) is 1. The number of aromatic nitrogens is 5. The molecule has 42 heavy (non-hydrogen) atoms. The molecule has 1 fully saturated rings. The van der Waals surface area contributed by atoms with Crippen LogP contribution < -0.4 is 4.72 Å². The molecule has 1 N–H and O–H groups in total. The molecule has 3 heterocycles. The average molecular weight is 609 g/mol. The van der Waals surface area contributed by atoms with Gasteiger partial charge in [-0.1, -0.05) is 12.1 Å². The number of benzene rings is 2. The van der Waals surface area contributed by atoms with E-state index in [1.807, 2.05) is 4.72 Å². The van der Waals surface area contributed by atoms with Gasteiger partial charge in [0.25, 0.3) is 10.0 Å². The first kappa shape index (κ1) is 27.9. The van der Waals surface area contributed by atoms with Crippen LogP contribution in [0.2, 0.25) is 0 Å². The van der Waals surface area contributed by atoms with Crippen molar-refractivity contribution in [2.75, 3.05) is 4.72 Å². The third-order valence-electron chi connectivity index (χ3n) is 6.77. The van der Waals surface area contributed by atoms with Gasteiger partial charge in [-0.05, 0) is 62.4 Å². The molecule has 0 spiro atoms. The van der Waals surface area contributed by atoms with Crippen molar-refractivity contribution in [2.45, 2.75) is 38.0 Å². The van der Waals surface area contributed by atoms with Crippen LogP contribution in [0.25, 0.3) is 32.4 Å². The van der Waals surface area contributed by atoms with Crippen LogP contribution >= 0.6 is 11.3 Å². The number of halogens is 3. The van der Waals surface area contributed by atoms with Crippen LogP contribution in [0.15, 0.2) is 59.9 Å². The normalized spacial score (nSPS) is 13.4. The number of anilines is 1. The van der Waals surface area contributed by atoms with Gasteiger partial charge >= 0.3 is 0 Å². The summed E-state index contributed by atoms with van der Waals surface area (Å²) in [6.45, 7) is 3.06. The minimum Gasteiger partial charge on any atom is -0.276 e. The topological polar surface area (TPSA) is 111 Å². The van der Waals surface area contributed by atoms with E-state index in [0.717, 1.165) is 31.4 Å². The van der Waals surface area contributed by atoms with Crippen molar-refractivity contribution in [3.05, 3.63) is 89.7 Å². The van der Waals surface area contributed by atoms with Gasteiger partial charge < -0.3 is 0 Å². The second-order valence-corrected chi connectivity index (χ2v) is 12.6. The molecule has 5 aromatic rings. The Morgan fingerprint density at radius 2 is 1.71 bits per heavy atom. The van der Waals surface area contributed by atoms with Crippen LogP contribution in [0.1, 0.15) is 30.1 Å². The summed E-state index contributed by atoms with van der Waals surface area (Å²) >= 11 is 1.25. The van der Waals surface area contributed by atoms with Crippen LogP contribution in [-0.2, 0) is 16.4 Å². The van der Waals surface area contributed by atoms with Gasteiger partial charge in [0.1, 0.15) is 28.3 Å². The van der Waals surface area contributed by atoms with Gasteiger partial charge in [-0.3, -0.25) is 4.72 Å². The molecule has 13 heteroatoms. The summed E-state index contributed by atoms with van der Waals surface area (Å²) < 4.78 is 73.3. The lowest BCUT2D eigenvalue weighted by Crippen LogP contribution is -2.18. The molecular formula is C29H23F3N6O2S2. The smallest absolute Gasteiger partial charge is 0.267 e. The van der Waals surface area contributed by atoms with Crippen LogP contribution in [0.3, 0.4) is 0 Å². The number of thiazole rings is 1. The van der Waals surface area contributed by atoms with Crippen molar-refractivity contribution in [3.8, 4) is 32.4 Å². The molecule has 0 radical (unpaired) electrons. The van der Waals surface area contributed by atoms with Crippen molar-refractivity contribution in [1.82, 2.24) is 24.9 Å². The molecule has 0 saturated heterocycles. The van der Waals surface area contributed by atoms with Crippen molar-refractivity contribution in [1.29, 1.82) is 0 Å². The zero-order chi connectivity index (χ0) is 29.6. The molecule has 0 bridgehead atoms. The SMILES string of the molecule is Cc1ncc(-c2nc(-c3cccc(NS(=O)(=O)c4c(F)ccc(C)c4F)c3F)c(-c3ccnc(CC4CC4)n3)s2)cn1. The fourth-order valence-electron chi connectivity index (χ4n) is 4.37. The number of aryl methyl sites for hydroxylation is 2. The first-order chi connectivity index (χ1) is 20.1. The fourth-order valence-corrected chi connectivity index (χ4v) is 6.67. The van der Waals surface area contributed by atoms with E-state index in [4.69, 9.17) is 9.97 Å². The second kappa shape index (κ2) is 10.9. The maximum atomic E-state index is 16.1. The Hall–Kier alpha value is -4.23. The van der Waals surface area contributed by atoms with Gasteiger partial charge in [0, 0.05) is 36.1 Å². The van der Waals surface area contributed by atoms with E-state index in [0.29, 0.717) is 38.7 Å². The summed E-state index contributed by atoms with van der Waals surface area (Å²) in [5, 5.41) is 0.497. The maximum Gasteiger partial charge on any atom is 0.267 e. The summed E-state index contributed by atoms with van der Waals surface area (Å²) in [5.74, 6) is -1.73. The lowest BCUT2D eigenvalue weighted by molar-refractivity contribution is 0.516. The van der Waals surface area contributed by atoms with Crippen molar-refractivity contribution < 1.29 is 21.6 Å². The van der Waals surface area contributed by atoms with E-state index in [1.54, 1.807) is 31.6 Å². The molecule has 8 nitrogen and oxygen atoms in total. The Morgan fingerprint density at radius 3 is 2.45 bits per heavy atom. The van der Waals surface area contributed by atoms with E-state index in [9.17, 15) is 17.2 Å². The molecule has 2 aromatic carbocycles. The first-order valence-electron chi connectivity index (χ1n) is 13.0. The quantitative estimate of drug-likeness (QED) is 0.214. The lowest BCUT2D eigenvalue weighted by atomic mass is 10.1. The minimum atomic E-state index is -4.83. The Kier molecular flexibility index (Phi) is 7.23. The van der Waals surface area contributed by atoms with Gasteiger partial charge in [0.15, 0.2) is 10.7 Å². The van der Waals surface area contributed by atoms with Crippen molar-refractivity contribution in [3.63, 3.8) is 0 Å². The summed E-state index contributed by atoms with van der Waals surface area (Å²) in [4.78, 5) is 21.6. The molecule has 214 valence electrons. The van der Waals surface area contributed by atoms with E-state index < -0.39 is 38.1 Å². The molecule has 1 aliphatic rings. The van der Waals surface area contributed by atoms with E-state index in [1.165, 1.54) is 36.5 Å². The zero-order valence-corrected chi connectivity index (χ0v) is 24.0. The number of rotatable bonds is 8. The van der Waals surface area contributed by atoms with Crippen LogP contribution in [-0.4, -0.2) is 33.3 Å². The summed E-state index contributed by atoms with van der Waals surface area (Å²) in [6.07, 6.45) is 7.85. The maximum absolute atomic E-state index is 16.1. The van der Waals surface area contributed by atoms with E-state index in [2.05, 4.69) is 15.0 Å². The summed E-state index contributed by atoms with van der Waals surface area (Å²) in [7, 11) is -4.83. The van der Waals surface area contributed by atoms with Crippen LogP contribution in [0.4, 0.5) is 18.9 Å². The standard InChI is InChI=1S/C29H23F3N6O2S2/c1-15-6-9-20(30)28(24(15)31)42(39,40)38-21-5-3-4-19(25(21)32)26-27(22-10-11-33-23(36-22)12-17-7-8-17)41-29(37-26)18-13-34-16(2)35-14-18/h3-6,9-11,13-14,17,38H,7-8,12H2,1-2H3. The molecule has 0 amide bonds. The lowest BCUT2D eigenvalue weighted by Gasteiger charge is -2.13. The van der Waals surface area contributed by atoms with Gasteiger partial charge in [0.2, 0.25) is 0 Å². The molecule has 1 saturated carbocycles. The number of nitrogens with zero attached hydrogens (tertiary/aromatic N) is 5. The Balaban J connectivity index is 1.46. The number of hydrogen-bond donors (Lipinski definition) is 1. The van der Waals surface area contributed by atoms with Crippen molar-refractivity contribution in [2.24, 2.45) is 5.92 Å². The Bertz CT molecular complexity index is 1930. The average Bonchev–Trinajstić information content (AvgIpc) is 3.66. The first-order valence-corrected chi connectivity index (χ1v) is 15.3. The van der Waals surface area contributed by atoms with E-state index in [-0.39, 0.29) is 16.8 Å². The predicted octanol–water partition coefficient (Wildman–Crippen LogP) is 6.51. The van der Waals surface area contributed by atoms with Gasteiger partial charge in [0.05, 0.1) is 22.0 Å². The highest BCUT2D eigenvalue weighted by molar-refractivity contribution is 7.92. The van der Waals surface area contributed by atoms with Gasteiger partial charge in [-0.25, -0.2) is 46.5 Å². The highest BCUT2D eigenvalue weighted by Crippen LogP contribution is 2.42. The number of sulfonamides is 1. The fraction of sp³-hybridized carbons (Fsp3) is 0.207. The molecule has 0 atom stereocenters. The van der Waals surface area contributed by atoms with Crippen LogP contribution in [0.5, 0.6) is 0 Å². The number of hydrogen-bond acceptors (Lipinski definition) is 8.